The molecule has 0 aromatic heterocycles. The topological polar surface area (TPSA) is 0 Å². The largest absolute Gasteiger partial charge is 0.455 e. The van der Waals surface area contributed by atoms with Gasteiger partial charge in [-0.25, -0.2) is 0 Å². The van der Waals surface area contributed by atoms with Gasteiger partial charge in [0.2, 0.25) is 0 Å². The fourth-order valence-electron chi connectivity index (χ4n) is 1.85. The summed E-state index contributed by atoms with van der Waals surface area (Å²) in [6.07, 6.45) is -5.70. The highest BCUT2D eigenvalue weighted by Gasteiger charge is 2.62. The molecule has 0 aliphatic carbocycles. The molecule has 0 heterocycles. The number of halogens is 7. The molecule has 1 atom stereocenters. The van der Waals surface area contributed by atoms with Crippen LogP contribution in [0.2, 0.25) is 0 Å². The Morgan fingerprint density at radius 2 is 1.45 bits per heavy atom. The van der Waals surface area contributed by atoms with Crippen molar-refractivity contribution in [3.8, 4) is 0 Å². The molecule has 0 spiro atoms. The summed E-state index contributed by atoms with van der Waals surface area (Å²) < 4.78 is 64.5. The van der Waals surface area contributed by atoms with Gasteiger partial charge >= 0.3 is 12.1 Å². The molecule has 0 saturated carbocycles. The molecular formula is C13H7BrClF5. The standard InChI is InChI=1S/C13H7BrClF5/c14-10-6-5-9(7-3-1-2-4-8(7)10)11(15)12(16,17)13(18,19)20/h1-6,11H. The highest BCUT2D eigenvalue weighted by Crippen LogP contribution is 2.49. The van der Waals surface area contributed by atoms with E-state index >= 15 is 0 Å². The van der Waals surface area contributed by atoms with E-state index in [-0.39, 0.29) is 10.9 Å². The molecular weight excluding hydrogens is 366 g/mol. The van der Waals surface area contributed by atoms with Crippen molar-refractivity contribution in [2.45, 2.75) is 17.5 Å². The molecule has 0 nitrogen and oxygen atoms in total. The van der Waals surface area contributed by atoms with Crippen LogP contribution in [-0.4, -0.2) is 12.1 Å². The van der Waals surface area contributed by atoms with Gasteiger partial charge in [0.1, 0.15) is 5.38 Å². The molecule has 2 rings (SSSR count). The van der Waals surface area contributed by atoms with Crippen LogP contribution in [0.4, 0.5) is 22.0 Å². The molecule has 0 radical (unpaired) electrons. The SMILES string of the molecule is FC(F)(F)C(F)(F)C(Cl)c1ccc(Br)c2ccccc12. The average molecular weight is 374 g/mol. The zero-order chi connectivity index (χ0) is 15.1. The van der Waals surface area contributed by atoms with Crippen molar-refractivity contribution in [3.05, 3.63) is 46.4 Å². The van der Waals surface area contributed by atoms with Crippen LogP contribution in [0, 0.1) is 0 Å². The van der Waals surface area contributed by atoms with Gasteiger partial charge in [-0.3, -0.25) is 0 Å². The van der Waals surface area contributed by atoms with Crippen LogP contribution in [0.3, 0.4) is 0 Å². The molecule has 1 unspecified atom stereocenters. The van der Waals surface area contributed by atoms with Crippen LogP contribution in [0.15, 0.2) is 40.9 Å². The number of fused-ring (bicyclic) bond motifs is 1. The Morgan fingerprint density at radius 3 is 2.00 bits per heavy atom. The van der Waals surface area contributed by atoms with Gasteiger partial charge in [-0.1, -0.05) is 46.3 Å². The van der Waals surface area contributed by atoms with E-state index in [1.54, 1.807) is 18.2 Å². The van der Waals surface area contributed by atoms with E-state index in [0.717, 1.165) is 0 Å². The van der Waals surface area contributed by atoms with Crippen molar-refractivity contribution in [1.29, 1.82) is 0 Å². The predicted molar refractivity (Wildman–Crippen MR) is 71.2 cm³/mol. The summed E-state index contributed by atoms with van der Waals surface area (Å²) in [6.45, 7) is 0. The minimum Gasteiger partial charge on any atom is -0.194 e. The van der Waals surface area contributed by atoms with Gasteiger partial charge in [0.05, 0.1) is 0 Å². The molecule has 20 heavy (non-hydrogen) atoms. The third-order valence-corrected chi connectivity index (χ3v) is 4.07. The first-order valence-corrected chi connectivity index (χ1v) is 6.65. The quantitative estimate of drug-likeness (QED) is 0.442. The Hall–Kier alpha value is -0.880. The lowest BCUT2D eigenvalue weighted by Crippen LogP contribution is -2.40. The first-order valence-electron chi connectivity index (χ1n) is 5.42. The summed E-state index contributed by atoms with van der Waals surface area (Å²) in [5.74, 6) is -5.01. The van der Waals surface area contributed by atoms with E-state index < -0.39 is 17.5 Å². The molecule has 2 aromatic rings. The lowest BCUT2D eigenvalue weighted by atomic mass is 9.98. The Bertz CT molecular complexity index is 638. The Balaban J connectivity index is 2.62. The first kappa shape index (κ1) is 15.5. The van der Waals surface area contributed by atoms with E-state index in [4.69, 9.17) is 11.6 Å². The van der Waals surface area contributed by atoms with E-state index in [2.05, 4.69) is 15.9 Å². The number of rotatable bonds is 2. The van der Waals surface area contributed by atoms with Crippen LogP contribution in [0.25, 0.3) is 10.8 Å². The van der Waals surface area contributed by atoms with Crippen molar-refractivity contribution in [2.75, 3.05) is 0 Å². The maximum atomic E-state index is 13.4. The molecule has 0 amide bonds. The fourth-order valence-corrected chi connectivity index (χ4v) is 2.64. The molecule has 0 aliphatic heterocycles. The Morgan fingerprint density at radius 1 is 0.900 bits per heavy atom. The summed E-state index contributed by atoms with van der Waals surface area (Å²) in [4.78, 5) is 0. The second kappa shape index (κ2) is 5.15. The van der Waals surface area contributed by atoms with E-state index in [1.807, 2.05) is 0 Å². The van der Waals surface area contributed by atoms with Gasteiger partial charge < -0.3 is 0 Å². The number of hydrogen-bond donors (Lipinski definition) is 0. The molecule has 0 saturated heterocycles. The van der Waals surface area contributed by atoms with Gasteiger partial charge in [-0.05, 0) is 22.4 Å². The summed E-state index contributed by atoms with van der Waals surface area (Å²) in [5.41, 5.74) is -0.257. The number of alkyl halides is 6. The Labute approximate surface area is 124 Å². The normalized spacial score (nSPS) is 14.6. The predicted octanol–water partition coefficient (Wildman–Crippen LogP) is 6.08. The minimum atomic E-state index is -5.70. The summed E-state index contributed by atoms with van der Waals surface area (Å²) >= 11 is 8.65. The highest BCUT2D eigenvalue weighted by molar-refractivity contribution is 9.10. The van der Waals surface area contributed by atoms with Gasteiger partial charge in [-0.15, -0.1) is 11.6 Å². The van der Waals surface area contributed by atoms with Crippen molar-refractivity contribution in [2.24, 2.45) is 0 Å². The molecule has 7 heteroatoms. The van der Waals surface area contributed by atoms with E-state index in [1.165, 1.54) is 18.2 Å². The van der Waals surface area contributed by atoms with Gasteiger partial charge in [0.25, 0.3) is 0 Å². The zero-order valence-electron chi connectivity index (χ0n) is 9.69. The van der Waals surface area contributed by atoms with Gasteiger partial charge in [-0.2, -0.15) is 22.0 Å². The maximum absolute atomic E-state index is 13.4. The van der Waals surface area contributed by atoms with Crippen LogP contribution in [-0.2, 0) is 0 Å². The number of hydrogen-bond acceptors (Lipinski definition) is 0. The molecule has 108 valence electrons. The van der Waals surface area contributed by atoms with Crippen LogP contribution >= 0.6 is 27.5 Å². The highest BCUT2D eigenvalue weighted by atomic mass is 79.9. The van der Waals surface area contributed by atoms with Crippen LogP contribution in [0.1, 0.15) is 10.9 Å². The third kappa shape index (κ3) is 2.51. The van der Waals surface area contributed by atoms with Gasteiger partial charge in [0.15, 0.2) is 0 Å². The summed E-state index contributed by atoms with van der Waals surface area (Å²) in [5, 5.41) is -1.71. The second-order valence-electron chi connectivity index (χ2n) is 4.17. The summed E-state index contributed by atoms with van der Waals surface area (Å²) in [7, 11) is 0. The molecule has 0 fully saturated rings. The minimum absolute atomic E-state index is 0.255. The Kier molecular flexibility index (Phi) is 3.99. The van der Waals surface area contributed by atoms with E-state index in [0.29, 0.717) is 9.86 Å². The smallest absolute Gasteiger partial charge is 0.194 e. The monoisotopic (exact) mass is 372 g/mol. The maximum Gasteiger partial charge on any atom is 0.455 e. The average Bonchev–Trinajstić information content (AvgIpc) is 2.37. The fraction of sp³-hybridized carbons (Fsp3) is 0.231. The van der Waals surface area contributed by atoms with Crippen molar-refractivity contribution < 1.29 is 22.0 Å². The molecule has 0 bridgehead atoms. The summed E-state index contributed by atoms with van der Waals surface area (Å²) in [6, 6.07) is 8.84. The second-order valence-corrected chi connectivity index (χ2v) is 5.46. The third-order valence-electron chi connectivity index (χ3n) is 2.87. The lowest BCUT2D eigenvalue weighted by molar-refractivity contribution is -0.283. The lowest BCUT2D eigenvalue weighted by Gasteiger charge is -2.25. The first-order chi connectivity index (χ1) is 9.16. The van der Waals surface area contributed by atoms with E-state index in [9.17, 15) is 22.0 Å². The van der Waals surface area contributed by atoms with Crippen LogP contribution < -0.4 is 0 Å². The molecule has 0 N–H and O–H groups in total. The van der Waals surface area contributed by atoms with Crippen molar-refractivity contribution in [1.82, 2.24) is 0 Å². The van der Waals surface area contributed by atoms with Crippen LogP contribution in [0.5, 0.6) is 0 Å². The number of benzene rings is 2. The van der Waals surface area contributed by atoms with Gasteiger partial charge in [0, 0.05) is 4.47 Å². The molecule has 0 aliphatic rings. The van der Waals surface area contributed by atoms with Crippen molar-refractivity contribution in [3.63, 3.8) is 0 Å². The zero-order valence-corrected chi connectivity index (χ0v) is 12.0. The van der Waals surface area contributed by atoms with Crippen molar-refractivity contribution >= 4 is 38.3 Å². The molecule has 2 aromatic carbocycles.